The van der Waals surface area contributed by atoms with Gasteiger partial charge in [-0.2, -0.15) is 0 Å². The van der Waals surface area contributed by atoms with E-state index >= 15 is 0 Å². The largest absolute Gasteiger partial charge is 0.493 e. The van der Waals surface area contributed by atoms with Crippen molar-refractivity contribution in [2.75, 3.05) is 41.7 Å². The molecule has 0 spiro atoms. The predicted octanol–water partition coefficient (Wildman–Crippen LogP) is 2.87. The van der Waals surface area contributed by atoms with E-state index in [0.29, 0.717) is 28.6 Å². The first-order valence-electron chi connectivity index (χ1n) is 8.76. The minimum absolute atomic E-state index is 0.0463. The van der Waals surface area contributed by atoms with Crippen molar-refractivity contribution in [1.29, 1.82) is 0 Å². The number of ether oxygens (including phenoxy) is 5. The van der Waals surface area contributed by atoms with E-state index in [4.69, 9.17) is 33.2 Å². The summed E-state index contributed by atoms with van der Waals surface area (Å²) in [6, 6.07) is 8.11. The van der Waals surface area contributed by atoms with Crippen molar-refractivity contribution in [1.82, 2.24) is 0 Å². The number of benzene rings is 2. The van der Waals surface area contributed by atoms with Crippen molar-refractivity contribution in [2.45, 2.75) is 0 Å². The summed E-state index contributed by atoms with van der Waals surface area (Å²) in [6.07, 6.45) is 0. The number of rotatable bonds is 8. The van der Waals surface area contributed by atoms with Crippen molar-refractivity contribution in [2.24, 2.45) is 0 Å². The van der Waals surface area contributed by atoms with Gasteiger partial charge in [0.1, 0.15) is 23.3 Å². The van der Waals surface area contributed by atoms with Gasteiger partial charge < -0.3 is 33.2 Å². The SMILES string of the molecule is COc1ccc(-c2cc(=O)c3c(OC)c(OC)c(OCCO)cc3o2)cc1OC. The fourth-order valence-electron chi connectivity index (χ4n) is 3.03. The highest BCUT2D eigenvalue weighted by Crippen LogP contribution is 2.43. The van der Waals surface area contributed by atoms with E-state index in [1.54, 1.807) is 25.3 Å². The minimum atomic E-state index is -0.306. The summed E-state index contributed by atoms with van der Waals surface area (Å²) in [4.78, 5) is 12.9. The van der Waals surface area contributed by atoms with Gasteiger partial charge in [0.05, 0.1) is 35.0 Å². The van der Waals surface area contributed by atoms with Crippen LogP contribution in [0.4, 0.5) is 0 Å². The van der Waals surface area contributed by atoms with Gasteiger partial charge in [0.25, 0.3) is 0 Å². The van der Waals surface area contributed by atoms with Gasteiger partial charge in [-0.1, -0.05) is 0 Å². The molecule has 0 bridgehead atoms. The van der Waals surface area contributed by atoms with Gasteiger partial charge in [-0.05, 0) is 18.2 Å². The second-order valence-electron chi connectivity index (χ2n) is 5.93. The summed E-state index contributed by atoms with van der Waals surface area (Å²) in [6.45, 7) is -0.135. The summed E-state index contributed by atoms with van der Waals surface area (Å²) in [5.74, 6) is 2.14. The second kappa shape index (κ2) is 8.74. The molecule has 0 aliphatic heterocycles. The van der Waals surface area contributed by atoms with E-state index in [2.05, 4.69) is 0 Å². The number of aliphatic hydroxyl groups is 1. The number of aliphatic hydroxyl groups excluding tert-OH is 1. The van der Waals surface area contributed by atoms with Crippen LogP contribution in [0.15, 0.2) is 39.5 Å². The average molecular weight is 402 g/mol. The maximum absolute atomic E-state index is 12.9. The molecule has 2 aromatic carbocycles. The highest BCUT2D eigenvalue weighted by molar-refractivity contribution is 5.90. The molecule has 3 rings (SSSR count). The van der Waals surface area contributed by atoms with Crippen LogP contribution >= 0.6 is 0 Å². The van der Waals surface area contributed by atoms with E-state index in [1.807, 2.05) is 0 Å². The minimum Gasteiger partial charge on any atom is -0.493 e. The van der Waals surface area contributed by atoms with Gasteiger partial charge in [0.15, 0.2) is 28.4 Å². The van der Waals surface area contributed by atoms with Crippen LogP contribution in [0.5, 0.6) is 28.7 Å². The third kappa shape index (κ3) is 3.79. The third-order valence-electron chi connectivity index (χ3n) is 4.32. The van der Waals surface area contributed by atoms with Crippen LogP contribution in [0.3, 0.4) is 0 Å². The maximum atomic E-state index is 12.9. The van der Waals surface area contributed by atoms with Gasteiger partial charge in [-0.15, -0.1) is 0 Å². The van der Waals surface area contributed by atoms with E-state index in [-0.39, 0.29) is 41.1 Å². The molecule has 3 aromatic rings. The van der Waals surface area contributed by atoms with E-state index < -0.39 is 0 Å². The summed E-state index contributed by atoms with van der Waals surface area (Å²) in [5, 5.41) is 9.29. The van der Waals surface area contributed by atoms with Crippen LogP contribution in [-0.4, -0.2) is 46.8 Å². The Labute approximate surface area is 167 Å². The standard InChI is InChI=1S/C21H22O8/c1-24-14-6-5-12(9-16(14)25-2)15-10-13(23)19-17(29-15)11-18(28-8-7-22)20(26-3)21(19)27-4/h5-6,9-11,22H,7-8H2,1-4H3. The Morgan fingerprint density at radius 2 is 1.59 bits per heavy atom. The molecule has 154 valence electrons. The topological polar surface area (TPSA) is 96.6 Å². The molecule has 0 amide bonds. The van der Waals surface area contributed by atoms with Gasteiger partial charge >= 0.3 is 0 Å². The fraction of sp³-hybridized carbons (Fsp3) is 0.286. The Hall–Kier alpha value is -3.39. The molecule has 0 atom stereocenters. The zero-order valence-corrected chi connectivity index (χ0v) is 16.6. The Balaban J connectivity index is 2.24. The molecule has 0 saturated carbocycles. The van der Waals surface area contributed by atoms with Crippen molar-refractivity contribution in [3.05, 3.63) is 40.6 Å². The Kier molecular flexibility index (Phi) is 6.13. The molecule has 0 saturated heterocycles. The van der Waals surface area contributed by atoms with Crippen LogP contribution in [0.25, 0.3) is 22.3 Å². The first-order valence-corrected chi connectivity index (χ1v) is 8.76. The Morgan fingerprint density at radius 1 is 0.862 bits per heavy atom. The van der Waals surface area contributed by atoms with E-state index in [1.165, 1.54) is 33.5 Å². The summed E-state index contributed by atoms with van der Waals surface area (Å²) in [7, 11) is 5.94. The highest BCUT2D eigenvalue weighted by atomic mass is 16.5. The Morgan fingerprint density at radius 3 is 2.21 bits per heavy atom. The van der Waals surface area contributed by atoms with Crippen LogP contribution in [0.2, 0.25) is 0 Å². The number of hydrogen-bond acceptors (Lipinski definition) is 8. The van der Waals surface area contributed by atoms with Crippen LogP contribution in [0.1, 0.15) is 0 Å². The smallest absolute Gasteiger partial charge is 0.204 e. The number of methoxy groups -OCH3 is 4. The average Bonchev–Trinajstić information content (AvgIpc) is 2.75. The lowest BCUT2D eigenvalue weighted by molar-refractivity contribution is 0.195. The molecule has 1 heterocycles. The Bertz CT molecular complexity index is 1070. The monoisotopic (exact) mass is 402 g/mol. The molecule has 1 N–H and O–H groups in total. The predicted molar refractivity (Wildman–Crippen MR) is 107 cm³/mol. The van der Waals surface area contributed by atoms with E-state index in [0.717, 1.165) is 0 Å². The molecule has 0 fully saturated rings. The highest BCUT2D eigenvalue weighted by Gasteiger charge is 2.21. The lowest BCUT2D eigenvalue weighted by Crippen LogP contribution is -2.07. The van der Waals surface area contributed by atoms with E-state index in [9.17, 15) is 4.79 Å². The molecule has 0 unspecified atom stereocenters. The number of fused-ring (bicyclic) bond motifs is 1. The van der Waals surface area contributed by atoms with Crippen molar-refractivity contribution < 1.29 is 33.2 Å². The first-order chi connectivity index (χ1) is 14.1. The first kappa shape index (κ1) is 20.3. The van der Waals surface area contributed by atoms with Crippen molar-refractivity contribution in [3.63, 3.8) is 0 Å². The zero-order valence-electron chi connectivity index (χ0n) is 16.6. The number of hydrogen-bond donors (Lipinski definition) is 1. The summed E-state index contributed by atoms with van der Waals surface area (Å²) < 4.78 is 32.8. The van der Waals surface area contributed by atoms with Gasteiger partial charge in [0, 0.05) is 17.7 Å². The molecular formula is C21H22O8. The molecule has 8 heteroatoms. The molecule has 0 aliphatic carbocycles. The third-order valence-corrected chi connectivity index (χ3v) is 4.32. The lowest BCUT2D eigenvalue weighted by atomic mass is 10.1. The zero-order chi connectivity index (χ0) is 21.0. The lowest BCUT2D eigenvalue weighted by Gasteiger charge is -2.15. The molecular weight excluding hydrogens is 380 g/mol. The molecule has 8 nitrogen and oxygen atoms in total. The van der Waals surface area contributed by atoms with Crippen molar-refractivity contribution in [3.8, 4) is 40.1 Å². The van der Waals surface area contributed by atoms with Crippen molar-refractivity contribution >= 4 is 11.0 Å². The quantitative estimate of drug-likeness (QED) is 0.614. The summed E-state index contributed by atoms with van der Waals surface area (Å²) >= 11 is 0. The normalized spacial score (nSPS) is 10.7. The molecule has 0 aliphatic rings. The van der Waals surface area contributed by atoms with Gasteiger partial charge in [-0.3, -0.25) is 4.79 Å². The van der Waals surface area contributed by atoms with Crippen LogP contribution in [0, 0.1) is 0 Å². The van der Waals surface area contributed by atoms with Crippen LogP contribution < -0.4 is 29.1 Å². The molecule has 0 radical (unpaired) electrons. The second-order valence-corrected chi connectivity index (χ2v) is 5.93. The molecule has 29 heavy (non-hydrogen) atoms. The van der Waals surface area contributed by atoms with Gasteiger partial charge in [0.2, 0.25) is 5.75 Å². The van der Waals surface area contributed by atoms with Crippen LogP contribution in [-0.2, 0) is 0 Å². The summed E-state index contributed by atoms with van der Waals surface area (Å²) in [5.41, 5.74) is 0.585. The maximum Gasteiger partial charge on any atom is 0.204 e. The van der Waals surface area contributed by atoms with Gasteiger partial charge in [-0.25, -0.2) is 0 Å². The fourth-order valence-corrected chi connectivity index (χ4v) is 3.03. The molecule has 1 aromatic heterocycles.